The minimum Gasteiger partial charge on any atom is -0.481 e. The van der Waals surface area contributed by atoms with Gasteiger partial charge in [-0.1, -0.05) is 0 Å². The molecule has 100 valence electrons. The Balaban J connectivity index is 2.61. The van der Waals surface area contributed by atoms with E-state index in [4.69, 9.17) is 10.4 Å². The Hall–Kier alpha value is -1.77. The zero-order valence-corrected chi connectivity index (χ0v) is 10.8. The predicted octanol–water partition coefficient (Wildman–Crippen LogP) is 1.14. The second kappa shape index (κ2) is 6.24. The van der Waals surface area contributed by atoms with Crippen LogP contribution in [0.15, 0.2) is 0 Å². The summed E-state index contributed by atoms with van der Waals surface area (Å²) < 4.78 is 0. The lowest BCUT2D eigenvalue weighted by Gasteiger charge is -2.35. The Bertz CT molecular complexity index is 364. The summed E-state index contributed by atoms with van der Waals surface area (Å²) in [5, 5.41) is 17.6. The van der Waals surface area contributed by atoms with Crippen LogP contribution in [-0.2, 0) is 4.79 Å². The Morgan fingerprint density at radius 1 is 1.61 bits per heavy atom. The first-order valence-electron chi connectivity index (χ1n) is 6.08. The maximum atomic E-state index is 12.1. The molecule has 1 fully saturated rings. The summed E-state index contributed by atoms with van der Waals surface area (Å²) in [6, 6.07) is 1.68. The summed E-state index contributed by atoms with van der Waals surface area (Å²) in [6.07, 6.45) is 1.61. The number of hydrogen-bond donors (Lipinski definition) is 1. The predicted molar refractivity (Wildman–Crippen MR) is 64.8 cm³/mol. The molecule has 0 aromatic heterocycles. The Labute approximate surface area is 107 Å². The lowest BCUT2D eigenvalue weighted by molar-refractivity contribution is -0.143. The summed E-state index contributed by atoms with van der Waals surface area (Å²) in [6.45, 7) is 2.66. The van der Waals surface area contributed by atoms with Crippen molar-refractivity contribution in [3.05, 3.63) is 0 Å². The van der Waals surface area contributed by atoms with E-state index < -0.39 is 11.9 Å². The van der Waals surface area contributed by atoms with Crippen LogP contribution in [0.1, 0.15) is 26.2 Å². The average Bonchev–Trinajstić information content (AvgIpc) is 2.37. The molecule has 0 radical (unpaired) electrons. The minimum absolute atomic E-state index is 0.160. The van der Waals surface area contributed by atoms with E-state index in [-0.39, 0.29) is 25.0 Å². The van der Waals surface area contributed by atoms with Crippen LogP contribution in [0, 0.1) is 17.2 Å². The Morgan fingerprint density at radius 3 is 2.83 bits per heavy atom. The first-order valence-corrected chi connectivity index (χ1v) is 6.08. The standard InChI is InChI=1S/C12H19N3O3/c1-9(5-6-13)14(2)12(18)15-7-3-4-10(8-15)11(16)17/h9-10H,3-5,7-8H2,1-2H3,(H,16,17). The zero-order chi connectivity index (χ0) is 13.7. The van der Waals surface area contributed by atoms with E-state index in [9.17, 15) is 9.59 Å². The SMILES string of the molecule is CC(CC#N)N(C)C(=O)N1CCCC(C(=O)O)C1. The van der Waals surface area contributed by atoms with Crippen LogP contribution in [0.25, 0.3) is 0 Å². The van der Waals surface area contributed by atoms with E-state index in [1.54, 1.807) is 18.9 Å². The molecular weight excluding hydrogens is 234 g/mol. The molecule has 2 unspecified atom stereocenters. The molecule has 0 spiro atoms. The molecule has 1 rings (SSSR count). The van der Waals surface area contributed by atoms with E-state index in [0.29, 0.717) is 19.4 Å². The summed E-state index contributed by atoms with van der Waals surface area (Å²) >= 11 is 0. The van der Waals surface area contributed by atoms with Gasteiger partial charge in [-0.25, -0.2) is 4.79 Å². The Kier molecular flexibility index (Phi) is 4.95. The van der Waals surface area contributed by atoms with E-state index in [0.717, 1.165) is 0 Å². The van der Waals surface area contributed by atoms with Gasteiger partial charge in [-0.2, -0.15) is 5.26 Å². The van der Waals surface area contributed by atoms with Crippen LogP contribution in [0.3, 0.4) is 0 Å². The van der Waals surface area contributed by atoms with Crippen molar-refractivity contribution in [2.45, 2.75) is 32.2 Å². The van der Waals surface area contributed by atoms with Crippen LogP contribution < -0.4 is 0 Å². The lowest BCUT2D eigenvalue weighted by Crippen LogP contribution is -2.49. The fourth-order valence-corrected chi connectivity index (χ4v) is 2.03. The number of hydrogen-bond acceptors (Lipinski definition) is 3. The number of nitrogens with zero attached hydrogens (tertiary/aromatic N) is 3. The number of carbonyl (C=O) groups excluding carboxylic acids is 1. The third kappa shape index (κ3) is 3.36. The summed E-state index contributed by atoms with van der Waals surface area (Å²) in [7, 11) is 1.65. The number of carbonyl (C=O) groups is 2. The van der Waals surface area contributed by atoms with Crippen LogP contribution in [0.5, 0.6) is 0 Å². The monoisotopic (exact) mass is 253 g/mol. The molecule has 0 aromatic carbocycles. The number of urea groups is 1. The van der Waals surface area contributed by atoms with Crippen LogP contribution >= 0.6 is 0 Å². The third-order valence-electron chi connectivity index (χ3n) is 3.39. The third-order valence-corrected chi connectivity index (χ3v) is 3.39. The highest BCUT2D eigenvalue weighted by atomic mass is 16.4. The molecule has 6 nitrogen and oxygen atoms in total. The van der Waals surface area contributed by atoms with Gasteiger partial charge < -0.3 is 14.9 Å². The van der Waals surface area contributed by atoms with Gasteiger partial charge in [0.15, 0.2) is 0 Å². The van der Waals surface area contributed by atoms with E-state index in [1.807, 2.05) is 6.07 Å². The second-order valence-electron chi connectivity index (χ2n) is 4.73. The van der Waals surface area contributed by atoms with Gasteiger partial charge in [0.1, 0.15) is 0 Å². The highest BCUT2D eigenvalue weighted by Crippen LogP contribution is 2.18. The number of carboxylic acids is 1. The molecule has 1 heterocycles. The first-order chi connectivity index (χ1) is 8.47. The number of amides is 2. The van der Waals surface area contributed by atoms with Gasteiger partial charge >= 0.3 is 12.0 Å². The topological polar surface area (TPSA) is 84.6 Å². The van der Waals surface area contributed by atoms with Gasteiger partial charge in [-0.15, -0.1) is 0 Å². The molecule has 2 amide bonds. The largest absolute Gasteiger partial charge is 0.481 e. The van der Waals surface area contributed by atoms with Crippen molar-refractivity contribution in [3.8, 4) is 6.07 Å². The van der Waals surface area contributed by atoms with Crippen molar-refractivity contribution in [1.82, 2.24) is 9.80 Å². The molecule has 0 aromatic rings. The average molecular weight is 253 g/mol. The van der Waals surface area contributed by atoms with E-state index in [2.05, 4.69) is 0 Å². The number of likely N-dealkylation sites (tertiary alicyclic amines) is 1. The van der Waals surface area contributed by atoms with Gasteiger partial charge in [-0.05, 0) is 19.8 Å². The number of nitriles is 1. The lowest BCUT2D eigenvalue weighted by atomic mass is 9.98. The number of carboxylic acid groups (broad SMARTS) is 1. The van der Waals surface area contributed by atoms with Crippen LogP contribution in [0.2, 0.25) is 0 Å². The highest BCUT2D eigenvalue weighted by Gasteiger charge is 2.30. The van der Waals surface area contributed by atoms with Gasteiger partial charge in [0.25, 0.3) is 0 Å². The van der Waals surface area contributed by atoms with Crippen LogP contribution in [-0.4, -0.2) is 53.1 Å². The van der Waals surface area contributed by atoms with E-state index in [1.165, 1.54) is 4.90 Å². The van der Waals surface area contributed by atoms with Crippen LogP contribution in [0.4, 0.5) is 4.79 Å². The van der Waals surface area contributed by atoms with Crippen molar-refractivity contribution < 1.29 is 14.7 Å². The normalized spacial score (nSPS) is 20.9. The Morgan fingerprint density at radius 2 is 2.28 bits per heavy atom. The van der Waals surface area contributed by atoms with E-state index >= 15 is 0 Å². The summed E-state index contributed by atoms with van der Waals surface area (Å²) in [5.41, 5.74) is 0. The van der Waals surface area contributed by atoms with Gasteiger partial charge in [0, 0.05) is 26.2 Å². The molecule has 6 heteroatoms. The fraction of sp³-hybridized carbons (Fsp3) is 0.750. The maximum Gasteiger partial charge on any atom is 0.320 e. The van der Waals surface area contributed by atoms with Gasteiger partial charge in [0.05, 0.1) is 18.4 Å². The maximum absolute atomic E-state index is 12.1. The molecule has 1 saturated heterocycles. The molecule has 1 aliphatic heterocycles. The number of piperidine rings is 1. The van der Waals surface area contributed by atoms with Gasteiger partial charge in [-0.3, -0.25) is 4.79 Å². The molecule has 1 N–H and O–H groups in total. The molecule has 2 atom stereocenters. The quantitative estimate of drug-likeness (QED) is 0.817. The van der Waals surface area contributed by atoms with Crippen molar-refractivity contribution in [2.75, 3.05) is 20.1 Å². The smallest absolute Gasteiger partial charge is 0.320 e. The zero-order valence-electron chi connectivity index (χ0n) is 10.8. The summed E-state index contributed by atoms with van der Waals surface area (Å²) in [5.74, 6) is -1.32. The number of rotatable bonds is 3. The molecule has 0 aliphatic carbocycles. The molecule has 0 bridgehead atoms. The van der Waals surface area contributed by atoms with Crippen molar-refractivity contribution >= 4 is 12.0 Å². The van der Waals surface area contributed by atoms with Crippen molar-refractivity contribution in [3.63, 3.8) is 0 Å². The minimum atomic E-state index is -0.847. The fourth-order valence-electron chi connectivity index (χ4n) is 2.03. The highest BCUT2D eigenvalue weighted by molar-refractivity contribution is 5.76. The van der Waals surface area contributed by atoms with Gasteiger partial charge in [0.2, 0.25) is 0 Å². The van der Waals surface area contributed by atoms with Crippen molar-refractivity contribution in [2.24, 2.45) is 5.92 Å². The first kappa shape index (κ1) is 14.3. The molecular formula is C12H19N3O3. The molecule has 1 aliphatic rings. The van der Waals surface area contributed by atoms with Crippen molar-refractivity contribution in [1.29, 1.82) is 5.26 Å². The number of aliphatic carboxylic acids is 1. The summed E-state index contributed by atoms with van der Waals surface area (Å²) in [4.78, 5) is 26.1. The molecule has 18 heavy (non-hydrogen) atoms. The molecule has 0 saturated carbocycles. The second-order valence-corrected chi connectivity index (χ2v) is 4.73.